The Morgan fingerprint density at radius 3 is 2.78 bits per heavy atom. The third-order valence-electron chi connectivity index (χ3n) is 1.69. The number of nitrogens with one attached hydrogen (secondary N) is 1. The minimum Gasteiger partial charge on any atom is -0.309 e. The number of hydrogen-bond donors (Lipinski definition) is 1. The molecule has 0 saturated carbocycles. The van der Waals surface area contributed by atoms with Crippen LogP contribution in [-0.4, -0.2) is 13.1 Å². The third-order valence-corrected chi connectivity index (χ3v) is 1.69. The van der Waals surface area contributed by atoms with Gasteiger partial charge in [0.05, 0.1) is 0 Å². The van der Waals surface area contributed by atoms with Crippen LogP contribution in [0, 0.1) is 0 Å². The molecule has 0 radical (unpaired) electrons. The van der Waals surface area contributed by atoms with E-state index in [4.69, 9.17) is 0 Å². The molecular weight excluding hydrogens is 110 g/mol. The van der Waals surface area contributed by atoms with E-state index in [0.29, 0.717) is 0 Å². The van der Waals surface area contributed by atoms with Gasteiger partial charge in [-0.3, -0.25) is 0 Å². The van der Waals surface area contributed by atoms with E-state index in [-0.39, 0.29) is 0 Å². The maximum Gasteiger partial charge on any atom is 0.0180 e. The number of allylic oxidation sites excluding steroid dienone is 1. The average Bonchev–Trinajstić information content (AvgIpc) is 1.76. The summed E-state index contributed by atoms with van der Waals surface area (Å²) in [5.74, 6) is 0. The SMILES string of the molecule is CCCCC=C1CNC1. The molecular formula is C8H15N. The Balaban J connectivity index is 2.01. The molecule has 1 aliphatic rings. The fourth-order valence-corrected chi connectivity index (χ4v) is 0.924. The number of hydrogen-bond acceptors (Lipinski definition) is 1. The van der Waals surface area contributed by atoms with E-state index in [1.165, 1.54) is 19.3 Å². The molecule has 1 heterocycles. The molecule has 1 fully saturated rings. The maximum absolute atomic E-state index is 3.22. The summed E-state index contributed by atoms with van der Waals surface area (Å²) in [5, 5.41) is 3.22. The normalized spacial score (nSPS) is 17.2. The van der Waals surface area contributed by atoms with Gasteiger partial charge in [-0.1, -0.05) is 25.8 Å². The van der Waals surface area contributed by atoms with Gasteiger partial charge in [-0.25, -0.2) is 0 Å². The zero-order chi connectivity index (χ0) is 6.53. The average molecular weight is 125 g/mol. The highest BCUT2D eigenvalue weighted by atomic mass is 14.9. The van der Waals surface area contributed by atoms with Gasteiger partial charge in [0.1, 0.15) is 0 Å². The first-order valence-corrected chi connectivity index (χ1v) is 3.82. The Kier molecular flexibility index (Phi) is 2.78. The molecule has 1 rings (SSSR count). The van der Waals surface area contributed by atoms with Crippen molar-refractivity contribution in [3.63, 3.8) is 0 Å². The first-order chi connectivity index (χ1) is 4.43. The second-order valence-electron chi connectivity index (χ2n) is 2.61. The van der Waals surface area contributed by atoms with Gasteiger partial charge in [0.2, 0.25) is 0 Å². The molecule has 0 aromatic heterocycles. The smallest absolute Gasteiger partial charge is 0.0180 e. The molecule has 0 atom stereocenters. The number of rotatable bonds is 3. The van der Waals surface area contributed by atoms with E-state index in [2.05, 4.69) is 18.3 Å². The van der Waals surface area contributed by atoms with Crippen LogP contribution >= 0.6 is 0 Å². The van der Waals surface area contributed by atoms with Gasteiger partial charge in [-0.05, 0) is 12.0 Å². The Hall–Kier alpha value is -0.300. The topological polar surface area (TPSA) is 12.0 Å². The second kappa shape index (κ2) is 3.67. The largest absolute Gasteiger partial charge is 0.309 e. The molecule has 9 heavy (non-hydrogen) atoms. The monoisotopic (exact) mass is 125 g/mol. The molecule has 0 aromatic rings. The minimum absolute atomic E-state index is 1.14. The van der Waals surface area contributed by atoms with Gasteiger partial charge < -0.3 is 5.32 Å². The van der Waals surface area contributed by atoms with E-state index in [1.807, 2.05) is 0 Å². The van der Waals surface area contributed by atoms with Crippen LogP contribution in [0.5, 0.6) is 0 Å². The van der Waals surface area contributed by atoms with E-state index in [0.717, 1.165) is 13.1 Å². The van der Waals surface area contributed by atoms with Crippen molar-refractivity contribution in [2.45, 2.75) is 26.2 Å². The fourth-order valence-electron chi connectivity index (χ4n) is 0.924. The van der Waals surface area contributed by atoms with Crippen LogP contribution in [0.1, 0.15) is 26.2 Å². The second-order valence-corrected chi connectivity index (χ2v) is 2.61. The molecule has 1 aliphatic heterocycles. The molecule has 52 valence electrons. The zero-order valence-corrected chi connectivity index (χ0v) is 6.11. The van der Waals surface area contributed by atoms with Crippen LogP contribution in [0.2, 0.25) is 0 Å². The van der Waals surface area contributed by atoms with Crippen LogP contribution in [0.4, 0.5) is 0 Å². The summed E-state index contributed by atoms with van der Waals surface area (Å²) in [7, 11) is 0. The Morgan fingerprint density at radius 2 is 2.33 bits per heavy atom. The highest BCUT2D eigenvalue weighted by molar-refractivity contribution is 5.13. The van der Waals surface area contributed by atoms with Crippen molar-refractivity contribution >= 4 is 0 Å². The molecule has 1 saturated heterocycles. The quantitative estimate of drug-likeness (QED) is 0.447. The lowest BCUT2D eigenvalue weighted by Crippen LogP contribution is -2.33. The molecule has 1 nitrogen and oxygen atoms in total. The summed E-state index contributed by atoms with van der Waals surface area (Å²) < 4.78 is 0. The Morgan fingerprint density at radius 1 is 1.56 bits per heavy atom. The first kappa shape index (κ1) is 6.81. The lowest BCUT2D eigenvalue weighted by Gasteiger charge is -2.18. The van der Waals surface area contributed by atoms with Crippen molar-refractivity contribution in [3.05, 3.63) is 11.6 Å². The van der Waals surface area contributed by atoms with Crippen LogP contribution < -0.4 is 5.32 Å². The summed E-state index contributed by atoms with van der Waals surface area (Å²) >= 11 is 0. The van der Waals surface area contributed by atoms with Crippen molar-refractivity contribution < 1.29 is 0 Å². The van der Waals surface area contributed by atoms with Gasteiger partial charge in [-0.2, -0.15) is 0 Å². The molecule has 0 aliphatic carbocycles. The van der Waals surface area contributed by atoms with Crippen molar-refractivity contribution in [2.75, 3.05) is 13.1 Å². The van der Waals surface area contributed by atoms with Crippen molar-refractivity contribution in [2.24, 2.45) is 0 Å². The molecule has 0 spiro atoms. The first-order valence-electron chi connectivity index (χ1n) is 3.82. The van der Waals surface area contributed by atoms with Crippen LogP contribution in [0.15, 0.2) is 11.6 Å². The lowest BCUT2D eigenvalue weighted by molar-refractivity contribution is 0.658. The highest BCUT2D eigenvalue weighted by Gasteiger charge is 2.04. The Labute approximate surface area is 57.1 Å². The van der Waals surface area contributed by atoms with Gasteiger partial charge in [-0.15, -0.1) is 0 Å². The molecule has 0 unspecified atom stereocenters. The number of unbranched alkanes of at least 4 members (excludes halogenated alkanes) is 2. The lowest BCUT2D eigenvalue weighted by atomic mass is 10.1. The fraction of sp³-hybridized carbons (Fsp3) is 0.750. The summed E-state index contributed by atoms with van der Waals surface area (Å²) in [6.07, 6.45) is 6.33. The predicted molar refractivity (Wildman–Crippen MR) is 40.5 cm³/mol. The van der Waals surface area contributed by atoms with Gasteiger partial charge in [0.25, 0.3) is 0 Å². The van der Waals surface area contributed by atoms with E-state index in [1.54, 1.807) is 5.57 Å². The molecule has 1 heteroatoms. The van der Waals surface area contributed by atoms with Crippen LogP contribution in [-0.2, 0) is 0 Å². The maximum atomic E-state index is 3.22. The summed E-state index contributed by atoms with van der Waals surface area (Å²) in [6, 6.07) is 0. The highest BCUT2D eigenvalue weighted by Crippen LogP contribution is 2.04. The van der Waals surface area contributed by atoms with Crippen LogP contribution in [0.25, 0.3) is 0 Å². The van der Waals surface area contributed by atoms with Crippen LogP contribution in [0.3, 0.4) is 0 Å². The summed E-state index contributed by atoms with van der Waals surface area (Å²) in [4.78, 5) is 0. The molecule has 0 aromatic carbocycles. The molecule has 1 N–H and O–H groups in total. The summed E-state index contributed by atoms with van der Waals surface area (Å²) in [5.41, 5.74) is 1.60. The third kappa shape index (κ3) is 2.19. The predicted octanol–water partition coefficient (Wildman–Crippen LogP) is 1.71. The van der Waals surface area contributed by atoms with E-state index >= 15 is 0 Å². The zero-order valence-electron chi connectivity index (χ0n) is 6.11. The summed E-state index contributed by atoms with van der Waals surface area (Å²) in [6.45, 7) is 4.52. The van der Waals surface area contributed by atoms with E-state index < -0.39 is 0 Å². The molecule has 0 bridgehead atoms. The van der Waals surface area contributed by atoms with Crippen molar-refractivity contribution in [1.82, 2.24) is 5.32 Å². The van der Waals surface area contributed by atoms with Gasteiger partial charge in [0, 0.05) is 13.1 Å². The van der Waals surface area contributed by atoms with Crippen molar-refractivity contribution in [1.29, 1.82) is 0 Å². The van der Waals surface area contributed by atoms with Gasteiger partial charge in [0.15, 0.2) is 0 Å². The Bertz CT molecular complexity index is 99.1. The van der Waals surface area contributed by atoms with Gasteiger partial charge >= 0.3 is 0 Å². The van der Waals surface area contributed by atoms with E-state index in [9.17, 15) is 0 Å². The van der Waals surface area contributed by atoms with Crippen molar-refractivity contribution in [3.8, 4) is 0 Å². The molecule has 0 amide bonds. The standard InChI is InChI=1S/C8H15N/c1-2-3-4-5-8-6-9-7-8/h5,9H,2-4,6-7H2,1H3. The minimum atomic E-state index is 1.14.